The number of carbonyl (C=O) groups excluding carboxylic acids is 2. The Kier molecular flexibility index (Phi) is 22.7. The van der Waals surface area contributed by atoms with Crippen LogP contribution in [0.2, 0.25) is 0 Å². The standard InChI is InChI=1S/C59H73NO12/c1-4-5-6-7-8-24-35-64-58-52(60-43(2)61)55(70-44(3)62)53(65-37-46-27-16-10-17-28-46)51(71-58)42-69-59-57(68-40-49-33-22-13-23-34-49)56(67-39-48-31-20-12-21-32-48)54(66-38-47-29-18-11-19-30-47)50(72-59)41-63-36-45-25-14-9-15-26-45/h9-23,25-34,50-59H,4-8,24,35-42H2,1-3H3,(H,60,61)/t50-,51-,52-,53-,54-,55-,56+,57-,58+,59-/m1/s1. The molecule has 0 unspecified atom stereocenters. The second-order valence-corrected chi connectivity index (χ2v) is 18.4. The van der Waals surface area contributed by atoms with Crippen LogP contribution < -0.4 is 5.32 Å². The number of hydrogen-bond donors (Lipinski definition) is 1. The lowest BCUT2D eigenvalue weighted by Crippen LogP contribution is -2.67. The molecule has 0 aromatic heterocycles. The molecule has 1 amide bonds. The first-order chi connectivity index (χ1) is 35.3. The van der Waals surface area contributed by atoms with Gasteiger partial charge in [0.05, 0.1) is 46.2 Å². The molecule has 2 heterocycles. The number of unbranched alkanes of at least 4 members (excludes halogenated alkanes) is 5. The van der Waals surface area contributed by atoms with Gasteiger partial charge in [-0.1, -0.05) is 191 Å². The molecule has 13 nitrogen and oxygen atoms in total. The second kappa shape index (κ2) is 30.0. The number of ether oxygens (including phenoxy) is 10. The Bertz CT molecular complexity index is 2260. The van der Waals surface area contributed by atoms with Crippen molar-refractivity contribution in [3.05, 3.63) is 179 Å². The summed E-state index contributed by atoms with van der Waals surface area (Å²) in [4.78, 5) is 25.9. The van der Waals surface area contributed by atoms with Crippen LogP contribution in [0.4, 0.5) is 0 Å². The van der Waals surface area contributed by atoms with Crippen molar-refractivity contribution >= 4 is 11.9 Å². The van der Waals surface area contributed by atoms with E-state index in [9.17, 15) is 9.59 Å². The summed E-state index contributed by atoms with van der Waals surface area (Å²) in [5.41, 5.74) is 4.78. The Morgan fingerprint density at radius 1 is 0.444 bits per heavy atom. The number of hydrogen-bond acceptors (Lipinski definition) is 12. The van der Waals surface area contributed by atoms with E-state index in [2.05, 4.69) is 12.2 Å². The van der Waals surface area contributed by atoms with E-state index in [1.807, 2.05) is 152 Å². The maximum Gasteiger partial charge on any atom is 0.303 e. The third-order valence-electron chi connectivity index (χ3n) is 12.6. The molecule has 5 aromatic rings. The summed E-state index contributed by atoms with van der Waals surface area (Å²) in [5.74, 6) is -0.895. The SMILES string of the molecule is CCCCCCCCO[C@H]1O[C@H](CO[C@@H]2O[C@H](COCc3ccccc3)[C@@H](OCc3ccccc3)[C@H](OCc3ccccc3)[C@H]2OCc2ccccc2)[C@@H](OCc2ccccc2)[C@H](OC(C)=O)[C@H]1NC(C)=O. The van der Waals surface area contributed by atoms with Gasteiger partial charge in [0.25, 0.3) is 0 Å². The number of esters is 1. The van der Waals surface area contributed by atoms with Crippen LogP contribution in [-0.4, -0.2) is 93.0 Å². The number of rotatable bonds is 29. The van der Waals surface area contributed by atoms with Crippen LogP contribution in [0.5, 0.6) is 0 Å². The lowest BCUT2D eigenvalue weighted by molar-refractivity contribution is -0.342. The molecule has 386 valence electrons. The van der Waals surface area contributed by atoms with E-state index in [0.717, 1.165) is 59.9 Å². The van der Waals surface area contributed by atoms with Gasteiger partial charge in [0, 0.05) is 20.5 Å². The molecule has 0 spiro atoms. The van der Waals surface area contributed by atoms with Crippen LogP contribution in [0.15, 0.2) is 152 Å². The van der Waals surface area contributed by atoms with Gasteiger partial charge >= 0.3 is 5.97 Å². The van der Waals surface area contributed by atoms with Crippen molar-refractivity contribution in [1.29, 1.82) is 0 Å². The molecular formula is C59H73NO12. The van der Waals surface area contributed by atoms with Gasteiger partial charge in [-0.15, -0.1) is 0 Å². The van der Waals surface area contributed by atoms with E-state index < -0.39 is 67.3 Å². The zero-order valence-corrected chi connectivity index (χ0v) is 42.0. The van der Waals surface area contributed by atoms with Crippen LogP contribution in [0.1, 0.15) is 87.1 Å². The molecule has 72 heavy (non-hydrogen) atoms. The molecule has 0 bridgehead atoms. The summed E-state index contributed by atoms with van der Waals surface area (Å²) in [6.07, 6.45) is -1.64. The fourth-order valence-corrected chi connectivity index (χ4v) is 9.02. The van der Waals surface area contributed by atoms with E-state index in [4.69, 9.17) is 47.4 Å². The lowest BCUT2D eigenvalue weighted by atomic mass is 9.95. The zero-order valence-electron chi connectivity index (χ0n) is 42.0. The Balaban J connectivity index is 1.22. The van der Waals surface area contributed by atoms with Crippen molar-refractivity contribution in [2.45, 2.75) is 154 Å². The minimum absolute atomic E-state index is 0.130. The molecule has 1 N–H and O–H groups in total. The maximum absolute atomic E-state index is 13.0. The molecule has 2 saturated heterocycles. The van der Waals surface area contributed by atoms with Gasteiger partial charge in [-0.2, -0.15) is 0 Å². The van der Waals surface area contributed by atoms with Crippen LogP contribution in [0.25, 0.3) is 0 Å². The number of amides is 1. The highest BCUT2D eigenvalue weighted by atomic mass is 16.7. The van der Waals surface area contributed by atoms with E-state index in [1.54, 1.807) is 0 Å². The van der Waals surface area contributed by atoms with Crippen LogP contribution in [0.3, 0.4) is 0 Å². The highest BCUT2D eigenvalue weighted by Crippen LogP contribution is 2.34. The molecule has 10 atom stereocenters. The van der Waals surface area contributed by atoms with E-state index in [1.165, 1.54) is 20.3 Å². The zero-order chi connectivity index (χ0) is 50.2. The largest absolute Gasteiger partial charge is 0.457 e. The molecule has 7 rings (SSSR count). The molecule has 0 radical (unpaired) electrons. The highest BCUT2D eigenvalue weighted by molar-refractivity contribution is 5.73. The van der Waals surface area contributed by atoms with Gasteiger partial charge in [0.15, 0.2) is 18.7 Å². The Labute approximate surface area is 425 Å². The quantitative estimate of drug-likeness (QED) is 0.0361. The summed E-state index contributed by atoms with van der Waals surface area (Å²) in [6.45, 7) is 6.53. The number of nitrogens with one attached hydrogen (secondary N) is 1. The fourth-order valence-electron chi connectivity index (χ4n) is 9.02. The third-order valence-corrected chi connectivity index (χ3v) is 12.6. The predicted molar refractivity (Wildman–Crippen MR) is 272 cm³/mol. The first kappa shape index (κ1) is 54.5. The predicted octanol–water partition coefficient (Wildman–Crippen LogP) is 9.82. The summed E-state index contributed by atoms with van der Waals surface area (Å²) in [7, 11) is 0. The Hall–Kier alpha value is -5.32. The molecule has 5 aromatic carbocycles. The van der Waals surface area contributed by atoms with E-state index in [-0.39, 0.29) is 45.5 Å². The first-order valence-corrected chi connectivity index (χ1v) is 25.6. The van der Waals surface area contributed by atoms with Crippen molar-refractivity contribution in [3.63, 3.8) is 0 Å². The van der Waals surface area contributed by atoms with Crippen molar-refractivity contribution in [1.82, 2.24) is 5.32 Å². The summed E-state index contributed by atoms with van der Waals surface area (Å²) in [5, 5.41) is 2.97. The van der Waals surface area contributed by atoms with Gasteiger partial charge < -0.3 is 52.7 Å². The molecule has 2 aliphatic heterocycles. The summed E-state index contributed by atoms with van der Waals surface area (Å²) in [6, 6.07) is 48.6. The average Bonchev–Trinajstić information content (AvgIpc) is 3.40. The number of carbonyl (C=O) groups is 2. The van der Waals surface area contributed by atoms with Crippen LogP contribution >= 0.6 is 0 Å². The maximum atomic E-state index is 13.0. The van der Waals surface area contributed by atoms with Gasteiger partial charge in [-0.25, -0.2) is 0 Å². The van der Waals surface area contributed by atoms with Crippen LogP contribution in [0, 0.1) is 0 Å². The molecule has 13 heteroatoms. The highest BCUT2D eigenvalue weighted by Gasteiger charge is 2.53. The van der Waals surface area contributed by atoms with Gasteiger partial charge in [0.2, 0.25) is 5.91 Å². The fraction of sp³-hybridized carbons (Fsp3) is 0.458. The number of benzene rings is 5. The molecule has 0 aliphatic carbocycles. The second-order valence-electron chi connectivity index (χ2n) is 18.4. The van der Waals surface area contributed by atoms with Gasteiger partial charge in [0.1, 0.15) is 42.7 Å². The van der Waals surface area contributed by atoms with Crippen molar-refractivity contribution in [2.24, 2.45) is 0 Å². The summed E-state index contributed by atoms with van der Waals surface area (Å²) >= 11 is 0. The molecule has 0 saturated carbocycles. The lowest BCUT2D eigenvalue weighted by Gasteiger charge is -2.48. The van der Waals surface area contributed by atoms with Crippen LogP contribution in [-0.2, 0) is 90.0 Å². The molecular weight excluding hydrogens is 915 g/mol. The normalized spacial score (nSPS) is 24.1. The molecule has 2 fully saturated rings. The van der Waals surface area contributed by atoms with E-state index >= 15 is 0 Å². The van der Waals surface area contributed by atoms with Crippen molar-refractivity contribution < 1.29 is 57.0 Å². The average molecular weight is 988 g/mol. The Morgan fingerprint density at radius 2 is 0.861 bits per heavy atom. The van der Waals surface area contributed by atoms with E-state index in [0.29, 0.717) is 13.2 Å². The third kappa shape index (κ3) is 17.4. The smallest absolute Gasteiger partial charge is 0.303 e. The first-order valence-electron chi connectivity index (χ1n) is 25.6. The minimum Gasteiger partial charge on any atom is -0.457 e. The van der Waals surface area contributed by atoms with Crippen molar-refractivity contribution in [2.75, 3.05) is 19.8 Å². The topological polar surface area (TPSA) is 138 Å². The summed E-state index contributed by atoms with van der Waals surface area (Å²) < 4.78 is 67.3. The molecule has 2 aliphatic rings. The minimum atomic E-state index is -1.07. The van der Waals surface area contributed by atoms with Gasteiger partial charge in [-0.05, 0) is 34.2 Å². The van der Waals surface area contributed by atoms with Crippen molar-refractivity contribution in [3.8, 4) is 0 Å². The Morgan fingerprint density at radius 3 is 1.35 bits per heavy atom. The van der Waals surface area contributed by atoms with Gasteiger partial charge in [-0.3, -0.25) is 9.59 Å². The monoisotopic (exact) mass is 988 g/mol.